The summed E-state index contributed by atoms with van der Waals surface area (Å²) in [6.45, 7) is 4.35. The fraction of sp³-hybridized carbons (Fsp3) is 0.0357. The normalized spacial score (nSPS) is 11.1. The van der Waals surface area contributed by atoms with Gasteiger partial charge in [-0.05, 0) is 36.1 Å². The van der Waals surface area contributed by atoms with Gasteiger partial charge in [0, 0.05) is 0 Å². The number of hydrogen-bond donors (Lipinski definition) is 0. The van der Waals surface area contributed by atoms with E-state index < -0.39 is 0 Å². The van der Waals surface area contributed by atoms with Gasteiger partial charge in [-0.15, -0.1) is 74.6 Å². The molecule has 0 aromatic heterocycles. The first kappa shape index (κ1) is 38.9. The minimum Gasteiger partial charge on any atom is -0.184 e. The van der Waals surface area contributed by atoms with E-state index in [1.807, 2.05) is 6.07 Å². The number of fused-ring (bicyclic) bond motifs is 5. The van der Waals surface area contributed by atoms with E-state index in [4.69, 9.17) is 0 Å². The maximum Gasteiger partial charge on any atom is 3.00 e. The van der Waals surface area contributed by atoms with Crippen LogP contribution in [0.1, 0.15) is 11.1 Å². The van der Waals surface area contributed by atoms with Crippen LogP contribution in [0, 0.1) is 19.9 Å². The molecule has 1 heterocycles. The molecule has 2 heteroatoms. The van der Waals surface area contributed by atoms with Gasteiger partial charge in [-0.25, -0.2) is 0 Å². The van der Waals surface area contributed by atoms with Gasteiger partial charge in [0.05, 0.1) is 9.52 Å². The number of benzene rings is 8. The zero-order chi connectivity index (χ0) is 38.6. The molecule has 10 aromatic rings. The van der Waals surface area contributed by atoms with Crippen LogP contribution in [0.25, 0.3) is 77.2 Å². The Hall–Kier alpha value is -5.92. The third-order valence-corrected chi connectivity index (χ3v) is 12.3. The second-order valence-electron chi connectivity index (χ2n) is 14.6. The number of hydrogen-bond acceptors (Lipinski definition) is 0. The molecule has 0 unspecified atom stereocenters. The van der Waals surface area contributed by atoms with E-state index in [1.165, 1.54) is 98.7 Å². The first-order chi connectivity index (χ1) is 28.1. The van der Waals surface area contributed by atoms with Gasteiger partial charge in [0.2, 0.25) is 0 Å². The maximum atomic E-state index is 3.31. The second kappa shape index (κ2) is 17.7. The third kappa shape index (κ3) is 8.09. The summed E-state index contributed by atoms with van der Waals surface area (Å²) in [5.74, 6) is 0. The van der Waals surface area contributed by atoms with E-state index in [0.29, 0.717) is 0 Å². The molecule has 0 saturated carbocycles. The molecular formula is C56H41SiZr. The van der Waals surface area contributed by atoms with E-state index in [-0.39, 0.29) is 26.2 Å². The summed E-state index contributed by atoms with van der Waals surface area (Å²) in [7, 11) is 0.795. The average Bonchev–Trinajstić information content (AvgIpc) is 4.01. The van der Waals surface area contributed by atoms with Crippen LogP contribution in [0.5, 0.6) is 0 Å². The van der Waals surface area contributed by atoms with Crippen LogP contribution in [-0.2, 0) is 26.2 Å². The Balaban J connectivity index is 0.000000124. The molecule has 1 aliphatic rings. The molecule has 0 bridgehead atoms. The van der Waals surface area contributed by atoms with Gasteiger partial charge in [0.15, 0.2) is 0 Å². The van der Waals surface area contributed by atoms with Crippen LogP contribution in [0.15, 0.2) is 212 Å². The summed E-state index contributed by atoms with van der Waals surface area (Å²) in [4.78, 5) is 0. The molecular weight excluding hydrogens is 792 g/mol. The summed E-state index contributed by atoms with van der Waals surface area (Å²) >= 11 is 0. The van der Waals surface area contributed by atoms with E-state index in [1.54, 1.807) is 0 Å². The smallest absolute Gasteiger partial charge is 0.184 e. The van der Waals surface area contributed by atoms with E-state index in [0.717, 1.165) is 9.52 Å². The van der Waals surface area contributed by atoms with Gasteiger partial charge < -0.3 is 0 Å². The largest absolute Gasteiger partial charge is 3.00 e. The van der Waals surface area contributed by atoms with Gasteiger partial charge in [0.25, 0.3) is 0 Å². The fourth-order valence-electron chi connectivity index (χ4n) is 8.01. The predicted octanol–water partition coefficient (Wildman–Crippen LogP) is 13.5. The Kier molecular flexibility index (Phi) is 11.9. The van der Waals surface area contributed by atoms with Crippen molar-refractivity contribution >= 4 is 41.4 Å². The molecule has 0 aliphatic carbocycles. The fourth-order valence-corrected chi connectivity index (χ4v) is 9.32. The molecule has 58 heavy (non-hydrogen) atoms. The number of rotatable bonds is 4. The van der Waals surface area contributed by atoms with Crippen LogP contribution >= 0.6 is 0 Å². The Morgan fingerprint density at radius 2 is 0.828 bits per heavy atom. The minimum absolute atomic E-state index is 0. The summed E-state index contributed by atoms with van der Waals surface area (Å²) < 4.78 is 0. The molecule has 11 rings (SSSR count). The van der Waals surface area contributed by atoms with Crippen molar-refractivity contribution in [2.75, 3.05) is 0 Å². The van der Waals surface area contributed by atoms with Gasteiger partial charge in [-0.1, -0.05) is 191 Å². The van der Waals surface area contributed by atoms with Crippen molar-refractivity contribution in [3.8, 4) is 55.6 Å². The molecule has 0 fully saturated rings. The van der Waals surface area contributed by atoms with Crippen molar-refractivity contribution in [3.05, 3.63) is 230 Å². The maximum absolute atomic E-state index is 3.31. The van der Waals surface area contributed by atoms with E-state index >= 15 is 0 Å². The van der Waals surface area contributed by atoms with Crippen molar-refractivity contribution in [3.63, 3.8) is 0 Å². The molecule has 0 amide bonds. The predicted molar refractivity (Wildman–Crippen MR) is 246 cm³/mol. The third-order valence-electron chi connectivity index (χ3n) is 10.9. The van der Waals surface area contributed by atoms with Gasteiger partial charge in [-0.2, -0.15) is 29.5 Å². The zero-order valence-corrected chi connectivity index (χ0v) is 36.2. The van der Waals surface area contributed by atoms with Crippen LogP contribution in [0.2, 0.25) is 0 Å². The second-order valence-corrected chi connectivity index (χ2v) is 15.9. The molecule has 0 spiro atoms. The molecule has 0 N–H and O–H groups in total. The Morgan fingerprint density at radius 3 is 1.34 bits per heavy atom. The van der Waals surface area contributed by atoms with Gasteiger partial charge in [-0.3, -0.25) is 0 Å². The summed E-state index contributed by atoms with van der Waals surface area (Å²) in [6, 6.07) is 78.9. The Morgan fingerprint density at radius 1 is 0.397 bits per heavy atom. The van der Waals surface area contributed by atoms with Crippen molar-refractivity contribution < 1.29 is 26.2 Å². The molecule has 0 atom stereocenters. The number of aryl methyl sites for hydroxylation is 2. The van der Waals surface area contributed by atoms with E-state index in [9.17, 15) is 0 Å². The Bertz CT molecular complexity index is 2750. The first-order valence-electron chi connectivity index (χ1n) is 19.6. The van der Waals surface area contributed by atoms with Crippen molar-refractivity contribution in [1.82, 2.24) is 0 Å². The van der Waals surface area contributed by atoms with Crippen molar-refractivity contribution in [2.24, 2.45) is 0 Å². The molecule has 3 radical (unpaired) electrons. The van der Waals surface area contributed by atoms with Gasteiger partial charge >= 0.3 is 26.2 Å². The van der Waals surface area contributed by atoms with Crippen LogP contribution in [0.4, 0.5) is 0 Å². The molecule has 0 saturated heterocycles. The van der Waals surface area contributed by atoms with E-state index in [2.05, 4.69) is 226 Å². The minimum atomic E-state index is 0. The summed E-state index contributed by atoms with van der Waals surface area (Å²) in [5, 5.41) is 8.09. The monoisotopic (exact) mass is 831 g/mol. The van der Waals surface area contributed by atoms with Gasteiger partial charge in [0.1, 0.15) is 0 Å². The van der Waals surface area contributed by atoms with Crippen molar-refractivity contribution in [2.45, 2.75) is 13.8 Å². The summed E-state index contributed by atoms with van der Waals surface area (Å²) in [6.07, 6.45) is 0. The molecule has 1 aliphatic heterocycles. The van der Waals surface area contributed by atoms with Crippen LogP contribution in [0.3, 0.4) is 0 Å². The molecule has 0 nitrogen and oxygen atoms in total. The molecule has 273 valence electrons. The molecule has 10 aromatic carbocycles. The van der Waals surface area contributed by atoms with Crippen molar-refractivity contribution in [1.29, 1.82) is 0 Å². The standard InChI is InChI=1S/2C22H17.C12H7Si.Zr/c2*1-16-8-5-6-12-20(16)21-13-7-11-18-14-19(15-22(18)21)17-9-3-2-4-10-17;1-3-7-11-9(5-1)10-6-2-4-8-12(10)13-11;/h2*2-15H,1H3;1-7H;/q3*-1;+3. The SMILES string of the molecule is Cc1ccccc1-c1cccc2[cH-]c(-c3ccccc3)cc12.Cc1ccccc1-c1cccc2[cH-]c(-c3ccccc3)cc12.[Zr+3].[c-]1cccc2c1[Si]c1ccccc1-2. The Labute approximate surface area is 364 Å². The van der Waals surface area contributed by atoms with Crippen LogP contribution < -0.4 is 10.4 Å². The summed E-state index contributed by atoms with van der Waals surface area (Å²) in [5.41, 5.74) is 15.8. The zero-order valence-electron chi connectivity index (χ0n) is 32.7. The van der Waals surface area contributed by atoms with Crippen LogP contribution in [-0.4, -0.2) is 9.52 Å². The topological polar surface area (TPSA) is 0 Å². The first-order valence-corrected chi connectivity index (χ1v) is 20.6. The average molecular weight is 833 g/mol. The quantitative estimate of drug-likeness (QED) is 0.122.